The number of hydrogen-bond donors (Lipinski definition) is 2. The summed E-state index contributed by atoms with van der Waals surface area (Å²) < 4.78 is 9.75. The maximum atomic E-state index is 8.26. The lowest BCUT2D eigenvalue weighted by Crippen LogP contribution is -2.09. The van der Waals surface area contributed by atoms with E-state index in [1.807, 2.05) is 0 Å². The van der Waals surface area contributed by atoms with Gasteiger partial charge in [-0.05, 0) is 0 Å². The first-order valence-electron chi connectivity index (χ1n) is 9.20. The van der Waals surface area contributed by atoms with Crippen molar-refractivity contribution in [2.45, 2.75) is 78.1 Å². The van der Waals surface area contributed by atoms with Crippen molar-refractivity contribution >= 4 is 0 Å². The van der Waals surface area contributed by atoms with Gasteiger partial charge in [0, 0.05) is 0 Å². The fraction of sp³-hybridized carbons (Fsp3) is 1.00. The van der Waals surface area contributed by atoms with Gasteiger partial charge in [-0.3, -0.25) is 0 Å². The summed E-state index contributed by atoms with van der Waals surface area (Å²) in [4.78, 5) is 0. The fourth-order valence-corrected chi connectivity index (χ4v) is 2.01. The fourth-order valence-electron chi connectivity index (χ4n) is 2.01. The number of hydrogen-bond acceptors (Lipinski definition) is 4. The minimum atomic E-state index is 0.0417. The van der Waals surface area contributed by atoms with E-state index in [0.717, 1.165) is 0 Å². The summed E-state index contributed by atoms with van der Waals surface area (Å²) in [5.41, 5.74) is 0. The van der Waals surface area contributed by atoms with Crippen LogP contribution in [0, 0.1) is 0 Å². The highest BCUT2D eigenvalue weighted by atomic mass is 16.5. The highest BCUT2D eigenvalue weighted by molar-refractivity contribution is 4.45. The molecular weight excluding hydrogens is 280 g/mol. The first-order valence-corrected chi connectivity index (χ1v) is 9.20. The van der Waals surface area contributed by atoms with Crippen molar-refractivity contribution in [1.82, 2.24) is 0 Å². The molecule has 0 aromatic carbocycles. The van der Waals surface area contributed by atoms with E-state index in [9.17, 15) is 0 Å². The normalized spacial score (nSPS) is 10.4. The Morgan fingerprint density at radius 1 is 0.500 bits per heavy atom. The van der Waals surface area contributed by atoms with Gasteiger partial charge in [0.25, 0.3) is 0 Å². The van der Waals surface area contributed by atoms with Gasteiger partial charge in [0.1, 0.15) is 0 Å². The van der Waals surface area contributed by atoms with E-state index in [1.54, 1.807) is 0 Å². The largest absolute Gasteiger partial charge is 0.394 e. The molecule has 0 heterocycles. The van der Waals surface area contributed by atoms with Gasteiger partial charge < -0.3 is 19.7 Å². The Balaban J connectivity index is 0. The molecule has 0 atom stereocenters. The second-order valence-corrected chi connectivity index (χ2v) is 5.50. The molecule has 2 N–H and O–H groups in total. The summed E-state index contributed by atoms with van der Waals surface area (Å²) in [5, 5.41) is 16.5. The third-order valence-corrected chi connectivity index (χ3v) is 3.30. The molecule has 136 valence electrons. The number of unbranched alkanes of at least 4 members (excludes halogenated alkanes) is 9. The molecule has 0 aromatic heterocycles. The first kappa shape index (κ1) is 24.1. The smallest absolute Gasteiger partial charge is 0.0701 e. The van der Waals surface area contributed by atoms with Crippen LogP contribution in [0.4, 0.5) is 0 Å². The van der Waals surface area contributed by atoms with Crippen LogP contribution in [0.2, 0.25) is 0 Å². The van der Waals surface area contributed by atoms with E-state index in [1.165, 1.54) is 64.2 Å². The molecule has 0 saturated carbocycles. The van der Waals surface area contributed by atoms with E-state index in [2.05, 4.69) is 13.8 Å². The van der Waals surface area contributed by atoms with Crippen LogP contribution in [0.25, 0.3) is 0 Å². The van der Waals surface area contributed by atoms with E-state index in [4.69, 9.17) is 19.7 Å². The predicted octanol–water partition coefficient (Wildman–Crippen LogP) is 3.93. The maximum absolute atomic E-state index is 8.26. The third-order valence-electron chi connectivity index (χ3n) is 3.30. The quantitative estimate of drug-likeness (QED) is 0.423. The molecule has 0 bridgehead atoms. The molecule has 0 aromatic rings. The van der Waals surface area contributed by atoms with Crippen LogP contribution < -0.4 is 0 Å². The summed E-state index contributed by atoms with van der Waals surface area (Å²) in [7, 11) is 0. The summed E-state index contributed by atoms with van der Waals surface area (Å²) in [6.07, 6.45) is 14.4. The van der Waals surface area contributed by atoms with Gasteiger partial charge >= 0.3 is 0 Å². The molecule has 0 aliphatic rings. The third kappa shape index (κ3) is 28.1. The van der Waals surface area contributed by atoms with E-state index in [-0.39, 0.29) is 13.2 Å². The van der Waals surface area contributed by atoms with E-state index >= 15 is 0 Å². The SMILES string of the molecule is CCCCCCCCCCCC.OCCOCCOCCO. The predicted molar refractivity (Wildman–Crippen MR) is 93.3 cm³/mol. The zero-order valence-electron chi connectivity index (χ0n) is 15.0. The lowest BCUT2D eigenvalue weighted by atomic mass is 10.1. The number of aliphatic hydroxyl groups is 2. The van der Waals surface area contributed by atoms with Crippen LogP contribution in [0.3, 0.4) is 0 Å². The van der Waals surface area contributed by atoms with Crippen molar-refractivity contribution in [3.63, 3.8) is 0 Å². The first-order chi connectivity index (χ1) is 10.8. The standard InChI is InChI=1S/C12H26.C6H14O4/c1-3-5-7-9-11-12-10-8-6-4-2;7-1-3-9-5-6-10-4-2-8/h3-12H2,1-2H3;7-8H,1-6H2. The molecule has 0 fully saturated rings. The molecule has 0 amide bonds. The van der Waals surface area contributed by atoms with Gasteiger partial charge in [-0.2, -0.15) is 0 Å². The lowest BCUT2D eigenvalue weighted by Gasteiger charge is -2.01. The summed E-state index contributed by atoms with van der Waals surface area (Å²) in [6, 6.07) is 0. The van der Waals surface area contributed by atoms with Crippen molar-refractivity contribution in [2.75, 3.05) is 39.6 Å². The van der Waals surface area contributed by atoms with Crippen molar-refractivity contribution < 1.29 is 19.7 Å². The number of rotatable bonds is 16. The molecule has 22 heavy (non-hydrogen) atoms. The second-order valence-electron chi connectivity index (χ2n) is 5.50. The topological polar surface area (TPSA) is 58.9 Å². The highest BCUT2D eigenvalue weighted by Gasteiger charge is 1.90. The van der Waals surface area contributed by atoms with Gasteiger partial charge in [0.15, 0.2) is 0 Å². The summed E-state index contributed by atoms with van der Waals surface area (Å²) in [5.74, 6) is 0. The Hall–Kier alpha value is -0.160. The number of aliphatic hydroxyl groups excluding tert-OH is 2. The maximum Gasteiger partial charge on any atom is 0.0701 e. The lowest BCUT2D eigenvalue weighted by molar-refractivity contribution is 0.0222. The van der Waals surface area contributed by atoms with Crippen LogP contribution in [-0.2, 0) is 9.47 Å². The van der Waals surface area contributed by atoms with Crippen molar-refractivity contribution in [1.29, 1.82) is 0 Å². The van der Waals surface area contributed by atoms with Crippen LogP contribution >= 0.6 is 0 Å². The molecule has 0 radical (unpaired) electrons. The van der Waals surface area contributed by atoms with Gasteiger partial charge in [0.05, 0.1) is 39.6 Å². The van der Waals surface area contributed by atoms with Crippen molar-refractivity contribution in [2.24, 2.45) is 0 Å². The molecule has 0 aliphatic heterocycles. The molecule has 0 spiro atoms. The van der Waals surface area contributed by atoms with E-state index in [0.29, 0.717) is 26.4 Å². The van der Waals surface area contributed by atoms with Crippen LogP contribution in [0.15, 0.2) is 0 Å². The molecule has 0 saturated heterocycles. The molecule has 0 rings (SSSR count). The molecular formula is C18H40O4. The molecule has 4 heteroatoms. The van der Waals surface area contributed by atoms with Gasteiger partial charge in [0.2, 0.25) is 0 Å². The zero-order valence-corrected chi connectivity index (χ0v) is 15.0. The average Bonchev–Trinajstić information content (AvgIpc) is 2.54. The average molecular weight is 321 g/mol. The number of ether oxygens (including phenoxy) is 2. The van der Waals surface area contributed by atoms with Gasteiger partial charge in [-0.25, -0.2) is 0 Å². The molecule has 4 nitrogen and oxygen atoms in total. The van der Waals surface area contributed by atoms with Gasteiger partial charge in [-0.15, -0.1) is 0 Å². The van der Waals surface area contributed by atoms with Crippen molar-refractivity contribution in [3.05, 3.63) is 0 Å². The van der Waals surface area contributed by atoms with Crippen LogP contribution in [0.1, 0.15) is 78.1 Å². The highest BCUT2D eigenvalue weighted by Crippen LogP contribution is 2.09. The Morgan fingerprint density at radius 3 is 1.09 bits per heavy atom. The summed E-state index contributed by atoms with van der Waals surface area (Å²) in [6.45, 7) is 6.29. The minimum absolute atomic E-state index is 0.0417. The second kappa shape index (κ2) is 25.8. The Kier molecular flexibility index (Phi) is 28.2. The summed E-state index contributed by atoms with van der Waals surface area (Å²) >= 11 is 0. The Labute approximate surface area is 138 Å². The van der Waals surface area contributed by atoms with Crippen LogP contribution in [0.5, 0.6) is 0 Å². The Morgan fingerprint density at radius 2 is 0.818 bits per heavy atom. The Bertz CT molecular complexity index is 147. The minimum Gasteiger partial charge on any atom is -0.394 e. The van der Waals surface area contributed by atoms with E-state index < -0.39 is 0 Å². The van der Waals surface area contributed by atoms with Crippen molar-refractivity contribution in [3.8, 4) is 0 Å². The molecule has 0 unspecified atom stereocenters. The monoisotopic (exact) mass is 320 g/mol. The van der Waals surface area contributed by atoms with Crippen LogP contribution in [-0.4, -0.2) is 49.9 Å². The van der Waals surface area contributed by atoms with Gasteiger partial charge in [-0.1, -0.05) is 78.1 Å². The molecule has 0 aliphatic carbocycles. The zero-order chi connectivity index (χ0) is 16.7.